The summed E-state index contributed by atoms with van der Waals surface area (Å²) in [5, 5.41) is 12.1. The Labute approximate surface area is 95.7 Å². The van der Waals surface area contributed by atoms with Gasteiger partial charge in [-0.25, -0.2) is 0 Å². The van der Waals surface area contributed by atoms with Gasteiger partial charge in [0, 0.05) is 25.1 Å². The van der Waals surface area contributed by atoms with Gasteiger partial charge in [-0.3, -0.25) is 4.79 Å². The summed E-state index contributed by atoms with van der Waals surface area (Å²) in [6.45, 7) is 4.74. The summed E-state index contributed by atoms with van der Waals surface area (Å²) in [6.07, 6.45) is 2.57. The lowest BCUT2D eigenvalue weighted by molar-refractivity contribution is 0.0952. The molecule has 1 aromatic heterocycles. The molecular formula is C12H19NO3. The molecule has 1 heterocycles. The highest BCUT2D eigenvalue weighted by molar-refractivity contribution is 5.93. The number of hydrogen-bond donors (Lipinski definition) is 2. The first-order valence-electron chi connectivity index (χ1n) is 5.48. The molecule has 0 atom stereocenters. The first-order valence-corrected chi connectivity index (χ1v) is 5.48. The number of furan rings is 1. The van der Waals surface area contributed by atoms with Crippen LogP contribution in [0.15, 0.2) is 22.8 Å². The fraction of sp³-hybridized carbons (Fsp3) is 0.583. The summed E-state index contributed by atoms with van der Waals surface area (Å²) in [5.41, 5.74) is -0.141. The lowest BCUT2D eigenvalue weighted by atomic mass is 10.0. The standard InChI is InChI=1S/C12H19NO3/c1-12(2,6-8-14)13-7-5-10(15)11-4-3-9-16-11/h3-4,9,13-14H,5-8H2,1-2H3. The third-order valence-electron chi connectivity index (χ3n) is 2.49. The maximum Gasteiger partial charge on any atom is 0.199 e. The van der Waals surface area contributed by atoms with Gasteiger partial charge in [-0.05, 0) is 32.4 Å². The SMILES string of the molecule is CC(C)(CCO)NCCC(=O)c1ccco1. The van der Waals surface area contributed by atoms with E-state index in [0.29, 0.717) is 25.1 Å². The number of aliphatic hydroxyl groups excluding tert-OH is 1. The maximum absolute atomic E-state index is 11.6. The fourth-order valence-corrected chi connectivity index (χ4v) is 1.44. The van der Waals surface area contributed by atoms with Gasteiger partial charge in [-0.2, -0.15) is 0 Å². The van der Waals surface area contributed by atoms with Gasteiger partial charge in [-0.15, -0.1) is 0 Å². The van der Waals surface area contributed by atoms with Crippen LogP contribution in [-0.4, -0.2) is 29.6 Å². The minimum atomic E-state index is -0.141. The molecule has 0 aliphatic rings. The van der Waals surface area contributed by atoms with Crippen LogP contribution in [0.1, 0.15) is 37.2 Å². The molecule has 0 amide bonds. The van der Waals surface area contributed by atoms with E-state index >= 15 is 0 Å². The Hall–Kier alpha value is -1.13. The average molecular weight is 225 g/mol. The molecule has 0 aliphatic heterocycles. The number of carbonyl (C=O) groups excluding carboxylic acids is 1. The lowest BCUT2D eigenvalue weighted by Crippen LogP contribution is -2.41. The third kappa shape index (κ3) is 4.16. The van der Waals surface area contributed by atoms with E-state index in [1.165, 1.54) is 6.26 Å². The van der Waals surface area contributed by atoms with Crippen LogP contribution < -0.4 is 5.32 Å². The molecule has 0 aliphatic carbocycles. The van der Waals surface area contributed by atoms with E-state index in [0.717, 1.165) is 0 Å². The monoisotopic (exact) mass is 225 g/mol. The summed E-state index contributed by atoms with van der Waals surface area (Å²) in [7, 11) is 0. The van der Waals surface area contributed by atoms with Crippen LogP contribution in [-0.2, 0) is 0 Å². The molecular weight excluding hydrogens is 206 g/mol. The number of carbonyl (C=O) groups is 1. The van der Waals surface area contributed by atoms with Crippen molar-refractivity contribution in [2.24, 2.45) is 0 Å². The zero-order chi connectivity index (χ0) is 12.0. The van der Waals surface area contributed by atoms with Crippen LogP contribution in [0, 0.1) is 0 Å². The zero-order valence-electron chi connectivity index (χ0n) is 9.82. The topological polar surface area (TPSA) is 62.5 Å². The summed E-state index contributed by atoms with van der Waals surface area (Å²) in [6, 6.07) is 3.37. The highest BCUT2D eigenvalue weighted by atomic mass is 16.3. The molecule has 0 aromatic carbocycles. The second kappa shape index (κ2) is 5.82. The van der Waals surface area contributed by atoms with Crippen molar-refractivity contribution >= 4 is 5.78 Å². The van der Waals surface area contributed by atoms with E-state index in [2.05, 4.69) is 5.32 Å². The van der Waals surface area contributed by atoms with Gasteiger partial charge in [0.05, 0.1) is 6.26 Å². The quantitative estimate of drug-likeness (QED) is 0.692. The van der Waals surface area contributed by atoms with Crippen molar-refractivity contribution in [3.05, 3.63) is 24.2 Å². The van der Waals surface area contributed by atoms with E-state index in [1.54, 1.807) is 12.1 Å². The molecule has 0 spiro atoms. The smallest absolute Gasteiger partial charge is 0.199 e. The van der Waals surface area contributed by atoms with Gasteiger partial charge in [0.25, 0.3) is 0 Å². The molecule has 0 radical (unpaired) electrons. The van der Waals surface area contributed by atoms with Gasteiger partial charge in [0.1, 0.15) is 0 Å². The van der Waals surface area contributed by atoms with E-state index in [4.69, 9.17) is 9.52 Å². The van der Waals surface area contributed by atoms with Crippen molar-refractivity contribution < 1.29 is 14.3 Å². The summed E-state index contributed by atoms with van der Waals surface area (Å²) in [4.78, 5) is 11.6. The lowest BCUT2D eigenvalue weighted by Gasteiger charge is -2.25. The van der Waals surface area contributed by atoms with Gasteiger partial charge >= 0.3 is 0 Å². The molecule has 0 saturated carbocycles. The van der Waals surface area contributed by atoms with Crippen LogP contribution in [0.2, 0.25) is 0 Å². The molecule has 0 unspecified atom stereocenters. The first-order chi connectivity index (χ1) is 7.55. The maximum atomic E-state index is 11.6. The summed E-state index contributed by atoms with van der Waals surface area (Å²) < 4.78 is 5.01. The molecule has 4 nitrogen and oxygen atoms in total. The Morgan fingerprint density at radius 2 is 2.31 bits per heavy atom. The molecule has 0 fully saturated rings. The van der Waals surface area contributed by atoms with Crippen LogP contribution >= 0.6 is 0 Å². The van der Waals surface area contributed by atoms with E-state index in [1.807, 2.05) is 13.8 Å². The van der Waals surface area contributed by atoms with Crippen molar-refractivity contribution in [3.8, 4) is 0 Å². The van der Waals surface area contributed by atoms with Crippen molar-refractivity contribution in [3.63, 3.8) is 0 Å². The first kappa shape index (κ1) is 12.9. The Kier molecular flexibility index (Phi) is 4.71. The molecule has 1 rings (SSSR count). The fourth-order valence-electron chi connectivity index (χ4n) is 1.44. The van der Waals surface area contributed by atoms with Crippen LogP contribution in [0.3, 0.4) is 0 Å². The van der Waals surface area contributed by atoms with E-state index in [9.17, 15) is 4.79 Å². The number of hydrogen-bond acceptors (Lipinski definition) is 4. The minimum absolute atomic E-state index is 0.00250. The summed E-state index contributed by atoms with van der Waals surface area (Å²) >= 11 is 0. The van der Waals surface area contributed by atoms with Crippen LogP contribution in [0.5, 0.6) is 0 Å². The van der Waals surface area contributed by atoms with Crippen molar-refractivity contribution in [1.29, 1.82) is 0 Å². The van der Waals surface area contributed by atoms with Crippen molar-refractivity contribution in [2.45, 2.75) is 32.2 Å². The van der Waals surface area contributed by atoms with E-state index < -0.39 is 0 Å². The van der Waals surface area contributed by atoms with Gasteiger partial charge in [-0.1, -0.05) is 0 Å². The number of nitrogens with one attached hydrogen (secondary N) is 1. The Balaban J connectivity index is 2.28. The summed E-state index contributed by atoms with van der Waals surface area (Å²) in [5.74, 6) is 0.402. The predicted octanol–water partition coefficient (Wildman–Crippen LogP) is 1.60. The molecule has 4 heteroatoms. The Morgan fingerprint density at radius 3 is 2.88 bits per heavy atom. The third-order valence-corrected chi connectivity index (χ3v) is 2.49. The molecule has 0 bridgehead atoms. The Bertz CT molecular complexity index is 317. The predicted molar refractivity (Wildman–Crippen MR) is 61.4 cm³/mol. The number of Topliss-reactive ketones (excluding diaryl/α,β-unsaturated/α-hetero) is 1. The minimum Gasteiger partial charge on any atom is -0.461 e. The van der Waals surface area contributed by atoms with Gasteiger partial charge in [0.15, 0.2) is 11.5 Å². The molecule has 90 valence electrons. The Morgan fingerprint density at radius 1 is 1.56 bits per heavy atom. The molecule has 2 N–H and O–H groups in total. The normalized spacial score (nSPS) is 11.7. The average Bonchev–Trinajstić information content (AvgIpc) is 2.69. The largest absolute Gasteiger partial charge is 0.461 e. The van der Waals surface area contributed by atoms with Gasteiger partial charge in [0.2, 0.25) is 0 Å². The molecule has 16 heavy (non-hydrogen) atoms. The van der Waals surface area contributed by atoms with Gasteiger partial charge < -0.3 is 14.8 Å². The molecule has 1 aromatic rings. The highest BCUT2D eigenvalue weighted by Crippen LogP contribution is 2.08. The highest BCUT2D eigenvalue weighted by Gasteiger charge is 2.16. The van der Waals surface area contributed by atoms with Crippen molar-refractivity contribution in [2.75, 3.05) is 13.2 Å². The second-order valence-electron chi connectivity index (χ2n) is 4.43. The van der Waals surface area contributed by atoms with E-state index in [-0.39, 0.29) is 17.9 Å². The van der Waals surface area contributed by atoms with Crippen LogP contribution in [0.4, 0.5) is 0 Å². The van der Waals surface area contributed by atoms with Crippen molar-refractivity contribution in [1.82, 2.24) is 5.32 Å². The molecule has 0 saturated heterocycles. The second-order valence-corrected chi connectivity index (χ2v) is 4.43. The zero-order valence-corrected chi connectivity index (χ0v) is 9.82. The number of ketones is 1. The van der Waals surface area contributed by atoms with Crippen LogP contribution in [0.25, 0.3) is 0 Å². The number of rotatable bonds is 7. The number of aliphatic hydroxyl groups is 1.